The largest absolute Gasteiger partial charge is 0.269 e. The van der Waals surface area contributed by atoms with E-state index < -0.39 is 5.67 Å². The number of aromatic nitrogens is 3. The minimum Gasteiger partial charge on any atom is -0.269 e. The highest BCUT2D eigenvalue weighted by molar-refractivity contribution is 6.34. The summed E-state index contributed by atoms with van der Waals surface area (Å²) < 4.78 is 16.1. The van der Waals surface area contributed by atoms with Gasteiger partial charge in [-0.1, -0.05) is 36.0 Å². The maximum Gasteiger partial charge on any atom is 0.137 e. The van der Waals surface area contributed by atoms with E-state index in [1.54, 1.807) is 23.1 Å². The van der Waals surface area contributed by atoms with Crippen molar-refractivity contribution in [3.8, 4) is 11.1 Å². The smallest absolute Gasteiger partial charge is 0.137 e. The first kappa shape index (κ1) is 13.8. The molecule has 0 spiro atoms. The minimum absolute atomic E-state index is 0.290. The molecule has 0 aromatic carbocycles. The van der Waals surface area contributed by atoms with Gasteiger partial charge >= 0.3 is 0 Å². The quantitative estimate of drug-likeness (QED) is 0.779. The Morgan fingerprint density at radius 3 is 2.75 bits per heavy atom. The predicted molar refractivity (Wildman–Crippen MR) is 77.8 cm³/mol. The summed E-state index contributed by atoms with van der Waals surface area (Å²) in [5, 5.41) is 5.09. The second-order valence-electron chi connectivity index (χ2n) is 5.28. The van der Waals surface area contributed by atoms with Gasteiger partial charge in [-0.3, -0.25) is 4.68 Å². The summed E-state index contributed by atoms with van der Waals surface area (Å²) in [6.07, 6.45) is 8.08. The summed E-state index contributed by atoms with van der Waals surface area (Å²) in [6.45, 7) is 0.290. The molecule has 2 aromatic heterocycles. The first-order chi connectivity index (χ1) is 9.56. The van der Waals surface area contributed by atoms with Crippen molar-refractivity contribution in [3.05, 3.63) is 34.8 Å². The fourth-order valence-corrected chi connectivity index (χ4v) is 3.04. The zero-order chi connectivity index (χ0) is 14.2. The highest BCUT2D eigenvalue weighted by Gasteiger charge is 2.34. The number of halogens is 3. The molecule has 0 N–H and O–H groups in total. The van der Waals surface area contributed by atoms with Gasteiger partial charge in [0.05, 0.1) is 17.8 Å². The number of hydrogen-bond donors (Lipinski definition) is 0. The molecule has 2 heterocycles. The Balaban J connectivity index is 1.84. The first-order valence-electron chi connectivity index (χ1n) is 6.59. The molecule has 0 radical (unpaired) electrons. The lowest BCUT2D eigenvalue weighted by Crippen LogP contribution is -2.25. The van der Waals surface area contributed by atoms with Crippen LogP contribution >= 0.6 is 23.2 Å². The van der Waals surface area contributed by atoms with Crippen LogP contribution < -0.4 is 0 Å². The molecule has 2 aromatic rings. The summed E-state index contributed by atoms with van der Waals surface area (Å²) in [4.78, 5) is 4.00. The van der Waals surface area contributed by atoms with Gasteiger partial charge in [0.2, 0.25) is 0 Å². The molecule has 0 bridgehead atoms. The van der Waals surface area contributed by atoms with E-state index in [2.05, 4.69) is 10.1 Å². The van der Waals surface area contributed by atoms with Gasteiger partial charge in [-0.25, -0.2) is 9.37 Å². The Kier molecular flexibility index (Phi) is 3.69. The van der Waals surface area contributed by atoms with Gasteiger partial charge in [-0.05, 0) is 18.9 Å². The molecule has 1 aliphatic rings. The average Bonchev–Trinajstić information content (AvgIpc) is 3.02. The van der Waals surface area contributed by atoms with Crippen LogP contribution in [0.3, 0.4) is 0 Å². The molecule has 1 aliphatic carbocycles. The molecule has 20 heavy (non-hydrogen) atoms. The molecule has 3 rings (SSSR count). The van der Waals surface area contributed by atoms with Gasteiger partial charge in [0.1, 0.15) is 10.8 Å². The summed E-state index contributed by atoms with van der Waals surface area (Å²) in [5.41, 5.74) is 0.385. The fourth-order valence-electron chi connectivity index (χ4n) is 2.67. The molecule has 1 saturated carbocycles. The number of nitrogens with zero attached hydrogens (tertiary/aromatic N) is 3. The third-order valence-corrected chi connectivity index (χ3v) is 4.20. The van der Waals surface area contributed by atoms with E-state index >= 15 is 0 Å². The molecule has 106 valence electrons. The molecule has 0 aliphatic heterocycles. The van der Waals surface area contributed by atoms with E-state index in [-0.39, 0.29) is 0 Å². The highest BCUT2D eigenvalue weighted by Crippen LogP contribution is 2.35. The van der Waals surface area contributed by atoms with Gasteiger partial charge in [0.15, 0.2) is 0 Å². The van der Waals surface area contributed by atoms with Crippen molar-refractivity contribution >= 4 is 23.2 Å². The third-order valence-electron chi connectivity index (χ3n) is 3.69. The van der Waals surface area contributed by atoms with Crippen LogP contribution in [0.1, 0.15) is 25.7 Å². The van der Waals surface area contributed by atoms with Crippen molar-refractivity contribution in [3.63, 3.8) is 0 Å². The monoisotopic (exact) mass is 313 g/mol. The predicted octanol–water partition coefficient (Wildman–Crippen LogP) is 4.53. The Morgan fingerprint density at radius 2 is 2.00 bits per heavy atom. The molecule has 3 nitrogen and oxygen atoms in total. The number of hydrogen-bond acceptors (Lipinski definition) is 2. The second kappa shape index (κ2) is 5.34. The normalized spacial score (nSPS) is 17.6. The molecule has 0 amide bonds. The van der Waals surface area contributed by atoms with Crippen molar-refractivity contribution in [1.82, 2.24) is 14.8 Å². The van der Waals surface area contributed by atoms with Crippen LogP contribution in [0.15, 0.2) is 24.7 Å². The number of alkyl halides is 1. The van der Waals surface area contributed by atoms with Crippen molar-refractivity contribution in [1.29, 1.82) is 0 Å². The maximum absolute atomic E-state index is 14.4. The highest BCUT2D eigenvalue weighted by atomic mass is 35.5. The van der Waals surface area contributed by atoms with Gasteiger partial charge < -0.3 is 0 Å². The van der Waals surface area contributed by atoms with Gasteiger partial charge in [0, 0.05) is 23.5 Å². The van der Waals surface area contributed by atoms with Crippen LogP contribution in [0.4, 0.5) is 4.39 Å². The standard InChI is InChI=1S/C14H14Cl2FN3/c15-11-5-12(13(16)18-7-11)10-6-19-20(8-10)9-14(17)3-1-2-4-14/h5-8H,1-4,9H2. The Hall–Kier alpha value is -1.13. The van der Waals surface area contributed by atoms with E-state index in [0.29, 0.717) is 35.1 Å². The zero-order valence-corrected chi connectivity index (χ0v) is 12.3. The van der Waals surface area contributed by atoms with Crippen molar-refractivity contribution < 1.29 is 4.39 Å². The van der Waals surface area contributed by atoms with Gasteiger partial charge in [0.25, 0.3) is 0 Å². The van der Waals surface area contributed by atoms with Gasteiger partial charge in [-0.2, -0.15) is 5.10 Å². The Bertz CT molecular complexity index is 621. The lowest BCUT2D eigenvalue weighted by Gasteiger charge is -2.18. The minimum atomic E-state index is -1.13. The molecule has 1 fully saturated rings. The topological polar surface area (TPSA) is 30.7 Å². The van der Waals surface area contributed by atoms with E-state index in [1.165, 1.54) is 6.20 Å². The lowest BCUT2D eigenvalue weighted by molar-refractivity contribution is 0.139. The second-order valence-corrected chi connectivity index (χ2v) is 6.07. The molecule has 0 saturated heterocycles. The lowest BCUT2D eigenvalue weighted by atomic mass is 10.1. The molecular formula is C14H14Cl2FN3. The van der Waals surface area contributed by atoms with Crippen molar-refractivity contribution in [2.75, 3.05) is 0 Å². The van der Waals surface area contributed by atoms with Gasteiger partial charge in [-0.15, -0.1) is 0 Å². The summed E-state index contributed by atoms with van der Waals surface area (Å²) in [6, 6.07) is 1.74. The fraction of sp³-hybridized carbons (Fsp3) is 0.429. The average molecular weight is 314 g/mol. The van der Waals surface area contributed by atoms with Crippen LogP contribution in [0.25, 0.3) is 11.1 Å². The van der Waals surface area contributed by atoms with E-state index in [9.17, 15) is 4.39 Å². The molecular weight excluding hydrogens is 300 g/mol. The van der Waals surface area contributed by atoms with Crippen LogP contribution in [0.5, 0.6) is 0 Å². The Morgan fingerprint density at radius 1 is 1.25 bits per heavy atom. The van der Waals surface area contributed by atoms with Crippen molar-refractivity contribution in [2.24, 2.45) is 0 Å². The van der Waals surface area contributed by atoms with Crippen LogP contribution in [-0.2, 0) is 6.54 Å². The van der Waals surface area contributed by atoms with E-state index in [4.69, 9.17) is 23.2 Å². The molecule has 0 unspecified atom stereocenters. The number of pyridine rings is 1. The van der Waals surface area contributed by atoms with E-state index in [0.717, 1.165) is 18.4 Å². The van der Waals surface area contributed by atoms with Crippen LogP contribution in [-0.4, -0.2) is 20.4 Å². The molecule has 6 heteroatoms. The summed E-state index contributed by atoms with van der Waals surface area (Å²) in [5.74, 6) is 0. The molecule has 0 atom stereocenters. The number of rotatable bonds is 3. The van der Waals surface area contributed by atoms with E-state index in [1.807, 2.05) is 0 Å². The van der Waals surface area contributed by atoms with Crippen molar-refractivity contribution in [2.45, 2.75) is 37.9 Å². The zero-order valence-electron chi connectivity index (χ0n) is 10.8. The first-order valence-corrected chi connectivity index (χ1v) is 7.34. The van der Waals surface area contributed by atoms with Crippen LogP contribution in [0, 0.1) is 0 Å². The van der Waals surface area contributed by atoms with Crippen LogP contribution in [0.2, 0.25) is 10.2 Å². The third kappa shape index (κ3) is 2.81. The Labute approximate surface area is 126 Å². The maximum atomic E-state index is 14.4. The summed E-state index contributed by atoms with van der Waals surface area (Å²) in [7, 11) is 0. The summed E-state index contributed by atoms with van der Waals surface area (Å²) >= 11 is 12.0. The SMILES string of the molecule is FC1(Cn2cc(-c3cc(Cl)cnc3Cl)cn2)CCCC1.